The van der Waals surface area contributed by atoms with Gasteiger partial charge in [0, 0.05) is 32.6 Å². The Labute approximate surface area is 251 Å². The van der Waals surface area contributed by atoms with Crippen molar-refractivity contribution in [2.75, 3.05) is 0 Å². The van der Waals surface area contributed by atoms with Crippen LogP contribution in [0.2, 0.25) is 0 Å². The highest BCUT2D eigenvalue weighted by Gasteiger charge is 2.17. The van der Waals surface area contributed by atoms with Gasteiger partial charge in [-0.15, -0.1) is 0 Å². The molecule has 0 amide bonds. The summed E-state index contributed by atoms with van der Waals surface area (Å²) in [6.45, 7) is 0. The lowest BCUT2D eigenvalue weighted by molar-refractivity contribution is 0.655. The van der Waals surface area contributed by atoms with Crippen molar-refractivity contribution < 1.29 is 4.42 Å². The van der Waals surface area contributed by atoms with E-state index < -0.39 is 0 Å². The van der Waals surface area contributed by atoms with Crippen molar-refractivity contribution >= 4 is 76.6 Å². The molecule has 3 heterocycles. The van der Waals surface area contributed by atoms with Gasteiger partial charge in [0.15, 0.2) is 0 Å². The Morgan fingerprint density at radius 1 is 0.409 bits per heavy atom. The summed E-state index contributed by atoms with van der Waals surface area (Å²) in [7, 11) is 0. The summed E-state index contributed by atoms with van der Waals surface area (Å²) in [4.78, 5) is 10.3. The molecule has 0 unspecified atom stereocenters. The Morgan fingerprint density at radius 3 is 1.66 bits per heavy atom. The van der Waals surface area contributed by atoms with Crippen LogP contribution in [0, 0.1) is 0 Å². The third-order valence-corrected chi connectivity index (χ3v) is 8.98. The van der Waals surface area contributed by atoms with E-state index in [9.17, 15) is 0 Å². The Morgan fingerprint density at radius 2 is 0.977 bits per heavy atom. The standard InChI is InChI=1S/C40H23N3O/c1-3-16-31-27(12-1)28-13-2-4-17-32(28)38-37(31)41-39-33-23-25(20-21-36(33)44-40(39)42-38)24-10-9-11-26(22-24)43-34-18-7-5-14-29(34)30-15-6-8-19-35(30)43/h1-23H. The summed E-state index contributed by atoms with van der Waals surface area (Å²) in [6, 6.07) is 49.2. The molecule has 0 radical (unpaired) electrons. The largest absolute Gasteiger partial charge is 0.436 e. The van der Waals surface area contributed by atoms with Crippen LogP contribution in [0.15, 0.2) is 144 Å². The minimum atomic E-state index is 0.559. The highest BCUT2D eigenvalue weighted by Crippen LogP contribution is 2.38. The molecule has 7 aromatic carbocycles. The van der Waals surface area contributed by atoms with Gasteiger partial charge in [0.2, 0.25) is 5.71 Å². The summed E-state index contributed by atoms with van der Waals surface area (Å²) >= 11 is 0. The lowest BCUT2D eigenvalue weighted by Gasteiger charge is -2.10. The van der Waals surface area contributed by atoms with E-state index in [2.05, 4.69) is 138 Å². The van der Waals surface area contributed by atoms with E-state index in [1.807, 2.05) is 6.07 Å². The minimum Gasteiger partial charge on any atom is -0.436 e. The van der Waals surface area contributed by atoms with Crippen molar-refractivity contribution in [3.63, 3.8) is 0 Å². The van der Waals surface area contributed by atoms with Gasteiger partial charge in [-0.25, -0.2) is 9.97 Å². The molecular weight excluding hydrogens is 538 g/mol. The predicted molar refractivity (Wildman–Crippen MR) is 182 cm³/mol. The van der Waals surface area contributed by atoms with Gasteiger partial charge in [-0.1, -0.05) is 103 Å². The van der Waals surface area contributed by atoms with Crippen LogP contribution in [0.4, 0.5) is 0 Å². The Kier molecular flexibility index (Phi) is 4.69. The first-order valence-electron chi connectivity index (χ1n) is 14.8. The second kappa shape index (κ2) is 8.76. The predicted octanol–water partition coefficient (Wildman–Crippen LogP) is 10.6. The number of hydrogen-bond acceptors (Lipinski definition) is 3. The maximum atomic E-state index is 6.31. The monoisotopic (exact) mass is 561 g/mol. The molecule has 0 saturated heterocycles. The molecule has 0 saturated carbocycles. The second-order valence-electron chi connectivity index (χ2n) is 11.4. The van der Waals surface area contributed by atoms with Gasteiger partial charge in [-0.2, -0.15) is 0 Å². The van der Waals surface area contributed by atoms with Crippen LogP contribution in [0.1, 0.15) is 0 Å². The first kappa shape index (κ1) is 23.6. The Bertz CT molecular complexity index is 2730. The normalized spacial score (nSPS) is 12.1. The molecule has 0 bridgehead atoms. The van der Waals surface area contributed by atoms with E-state index in [0.29, 0.717) is 5.71 Å². The van der Waals surface area contributed by atoms with Gasteiger partial charge >= 0.3 is 0 Å². The summed E-state index contributed by atoms with van der Waals surface area (Å²) < 4.78 is 8.67. The molecule has 4 heteroatoms. The van der Waals surface area contributed by atoms with Gasteiger partial charge in [-0.05, 0) is 58.3 Å². The molecule has 0 N–H and O–H groups in total. The van der Waals surface area contributed by atoms with Crippen molar-refractivity contribution in [1.82, 2.24) is 14.5 Å². The summed E-state index contributed by atoms with van der Waals surface area (Å²) in [5.41, 5.74) is 9.65. The summed E-state index contributed by atoms with van der Waals surface area (Å²) in [6.07, 6.45) is 0. The maximum Gasteiger partial charge on any atom is 0.246 e. The van der Waals surface area contributed by atoms with Crippen molar-refractivity contribution in [2.45, 2.75) is 0 Å². The second-order valence-corrected chi connectivity index (χ2v) is 11.4. The first-order valence-corrected chi connectivity index (χ1v) is 14.8. The van der Waals surface area contributed by atoms with E-state index in [1.54, 1.807) is 0 Å². The van der Waals surface area contributed by atoms with Gasteiger partial charge in [-0.3, -0.25) is 0 Å². The lowest BCUT2D eigenvalue weighted by atomic mass is 9.99. The molecule has 0 spiro atoms. The van der Waals surface area contributed by atoms with E-state index in [4.69, 9.17) is 14.4 Å². The zero-order valence-corrected chi connectivity index (χ0v) is 23.5. The number of nitrogens with zero attached hydrogens (tertiary/aromatic N) is 3. The molecular formula is C40H23N3O. The van der Waals surface area contributed by atoms with Crippen molar-refractivity contribution in [3.8, 4) is 16.8 Å². The summed E-state index contributed by atoms with van der Waals surface area (Å²) in [5.74, 6) is 0. The number of rotatable bonds is 2. The molecule has 0 aliphatic heterocycles. The number of benzene rings is 7. The number of hydrogen-bond donors (Lipinski definition) is 0. The van der Waals surface area contributed by atoms with Crippen molar-refractivity contribution in [2.24, 2.45) is 0 Å². The zero-order valence-electron chi connectivity index (χ0n) is 23.5. The topological polar surface area (TPSA) is 43.9 Å². The average Bonchev–Trinajstić information content (AvgIpc) is 3.62. The third kappa shape index (κ3) is 3.22. The number of furan rings is 1. The Hall–Kier alpha value is -6.00. The molecule has 0 atom stereocenters. The van der Waals surface area contributed by atoms with Crippen LogP contribution in [0.3, 0.4) is 0 Å². The quantitative estimate of drug-likeness (QED) is 0.197. The first-order chi connectivity index (χ1) is 21.8. The molecule has 4 nitrogen and oxygen atoms in total. The SMILES string of the molecule is c1cc(-c2ccc3oc4nc5c6ccccc6c6ccccc6c5nc4c3c2)cc(-n2c3ccccc3c3ccccc32)c1. The van der Waals surface area contributed by atoms with Crippen LogP contribution in [-0.2, 0) is 0 Å². The fourth-order valence-corrected chi connectivity index (χ4v) is 7.00. The van der Waals surface area contributed by atoms with E-state index in [1.165, 1.54) is 32.6 Å². The summed E-state index contributed by atoms with van der Waals surface area (Å²) in [5, 5.41) is 8.01. The number of aromatic nitrogens is 3. The fourth-order valence-electron chi connectivity index (χ4n) is 7.00. The van der Waals surface area contributed by atoms with Crippen LogP contribution in [0.5, 0.6) is 0 Å². The lowest BCUT2D eigenvalue weighted by Crippen LogP contribution is -1.94. The maximum absolute atomic E-state index is 6.31. The van der Waals surface area contributed by atoms with E-state index in [0.717, 1.165) is 55.1 Å². The molecule has 204 valence electrons. The average molecular weight is 562 g/mol. The fraction of sp³-hybridized carbons (Fsp3) is 0. The van der Waals surface area contributed by atoms with Crippen molar-refractivity contribution in [3.05, 3.63) is 140 Å². The highest BCUT2D eigenvalue weighted by atomic mass is 16.3. The molecule has 0 aliphatic carbocycles. The van der Waals surface area contributed by atoms with E-state index in [-0.39, 0.29) is 0 Å². The van der Waals surface area contributed by atoms with E-state index >= 15 is 0 Å². The zero-order chi connectivity index (χ0) is 28.8. The van der Waals surface area contributed by atoms with Gasteiger partial charge in [0.05, 0.1) is 16.6 Å². The molecule has 0 fully saturated rings. The molecule has 0 aliphatic rings. The van der Waals surface area contributed by atoms with Crippen LogP contribution in [-0.4, -0.2) is 14.5 Å². The van der Waals surface area contributed by atoms with Gasteiger partial charge < -0.3 is 8.98 Å². The highest BCUT2D eigenvalue weighted by molar-refractivity contribution is 6.24. The molecule has 10 rings (SSSR count). The van der Waals surface area contributed by atoms with Crippen molar-refractivity contribution in [1.29, 1.82) is 0 Å². The van der Waals surface area contributed by atoms with Gasteiger partial charge in [0.25, 0.3) is 0 Å². The Balaban J connectivity index is 1.20. The minimum absolute atomic E-state index is 0.559. The number of fused-ring (bicyclic) bond motifs is 12. The smallest absolute Gasteiger partial charge is 0.246 e. The van der Waals surface area contributed by atoms with Crippen LogP contribution in [0.25, 0.3) is 93.4 Å². The van der Waals surface area contributed by atoms with Crippen LogP contribution >= 0.6 is 0 Å². The van der Waals surface area contributed by atoms with Crippen LogP contribution < -0.4 is 0 Å². The molecule has 10 aromatic rings. The third-order valence-electron chi connectivity index (χ3n) is 8.98. The van der Waals surface area contributed by atoms with Gasteiger partial charge in [0.1, 0.15) is 16.6 Å². The number of para-hydroxylation sites is 2. The molecule has 3 aromatic heterocycles. The molecule has 44 heavy (non-hydrogen) atoms.